The lowest BCUT2D eigenvalue weighted by Gasteiger charge is -2.33. The second-order valence-corrected chi connectivity index (χ2v) is 6.17. The van der Waals surface area contributed by atoms with Gasteiger partial charge in [-0.2, -0.15) is 0 Å². The molecule has 0 saturated carbocycles. The van der Waals surface area contributed by atoms with E-state index >= 15 is 0 Å². The number of methoxy groups -OCH3 is 1. The SMILES string of the molecule is COC(=O)C1=COC(OSC)[C@@H]2C(/C=C/c3ccccc3)=CC[C@H]12. The molecule has 1 aliphatic heterocycles. The molecule has 2 aliphatic rings. The predicted molar refractivity (Wildman–Crippen MR) is 94.7 cm³/mol. The fourth-order valence-corrected chi connectivity index (χ4v) is 3.54. The van der Waals surface area contributed by atoms with Crippen LogP contribution in [0.2, 0.25) is 0 Å². The number of hydrogen-bond donors (Lipinski definition) is 0. The Hall–Kier alpha value is -1.98. The Labute approximate surface area is 146 Å². The Morgan fingerprint density at radius 1 is 1.29 bits per heavy atom. The molecule has 4 nitrogen and oxygen atoms in total. The fraction of sp³-hybridized carbons (Fsp3) is 0.316. The van der Waals surface area contributed by atoms with Gasteiger partial charge in [0.2, 0.25) is 6.29 Å². The highest BCUT2D eigenvalue weighted by Crippen LogP contribution is 2.45. The van der Waals surface area contributed by atoms with Crippen LogP contribution in [0.1, 0.15) is 12.0 Å². The van der Waals surface area contributed by atoms with Gasteiger partial charge in [-0.3, -0.25) is 4.18 Å². The van der Waals surface area contributed by atoms with E-state index in [0.29, 0.717) is 5.57 Å². The summed E-state index contributed by atoms with van der Waals surface area (Å²) in [6.45, 7) is 0. The molecule has 0 amide bonds. The van der Waals surface area contributed by atoms with Crippen LogP contribution in [0.3, 0.4) is 0 Å². The summed E-state index contributed by atoms with van der Waals surface area (Å²) in [5, 5.41) is 0. The van der Waals surface area contributed by atoms with Gasteiger partial charge in [-0.25, -0.2) is 4.79 Å². The van der Waals surface area contributed by atoms with Gasteiger partial charge in [0.1, 0.15) is 0 Å². The molecule has 0 saturated heterocycles. The molecule has 0 N–H and O–H groups in total. The average Bonchev–Trinajstić information content (AvgIpc) is 3.05. The van der Waals surface area contributed by atoms with Gasteiger partial charge in [0.25, 0.3) is 0 Å². The van der Waals surface area contributed by atoms with Crippen LogP contribution in [0.4, 0.5) is 0 Å². The van der Waals surface area contributed by atoms with E-state index in [1.807, 2.05) is 24.5 Å². The summed E-state index contributed by atoms with van der Waals surface area (Å²) in [7, 11) is 1.39. The fourth-order valence-electron chi connectivity index (χ4n) is 3.19. The van der Waals surface area contributed by atoms with Crippen molar-refractivity contribution in [3.8, 4) is 0 Å². The topological polar surface area (TPSA) is 44.8 Å². The molecule has 1 heterocycles. The minimum atomic E-state index is -0.410. The molecule has 0 spiro atoms. The number of fused-ring (bicyclic) bond motifs is 1. The van der Waals surface area contributed by atoms with Crippen molar-refractivity contribution in [2.45, 2.75) is 12.7 Å². The van der Waals surface area contributed by atoms with Gasteiger partial charge in [0, 0.05) is 12.2 Å². The highest BCUT2D eigenvalue weighted by Gasteiger charge is 2.44. The Morgan fingerprint density at radius 2 is 2.08 bits per heavy atom. The summed E-state index contributed by atoms with van der Waals surface area (Å²) >= 11 is 1.27. The summed E-state index contributed by atoms with van der Waals surface area (Å²) in [5.41, 5.74) is 2.82. The lowest BCUT2D eigenvalue weighted by molar-refractivity contribution is -0.139. The van der Waals surface area contributed by atoms with E-state index in [0.717, 1.165) is 17.6 Å². The smallest absolute Gasteiger partial charge is 0.337 e. The summed E-state index contributed by atoms with van der Waals surface area (Å²) in [4.78, 5) is 12.0. The normalized spacial score (nSPS) is 25.7. The second-order valence-electron chi connectivity index (χ2n) is 5.65. The minimum absolute atomic E-state index is 0.0171. The molecule has 1 aromatic carbocycles. The van der Waals surface area contributed by atoms with E-state index in [4.69, 9.17) is 13.7 Å². The minimum Gasteiger partial charge on any atom is -0.470 e. The maximum Gasteiger partial charge on any atom is 0.337 e. The van der Waals surface area contributed by atoms with Crippen LogP contribution >= 0.6 is 12.0 Å². The van der Waals surface area contributed by atoms with Crippen LogP contribution < -0.4 is 0 Å². The lowest BCUT2D eigenvalue weighted by Crippen LogP contribution is -2.35. The zero-order valence-electron chi connectivity index (χ0n) is 13.7. The van der Waals surface area contributed by atoms with Gasteiger partial charge in [0.15, 0.2) is 0 Å². The molecule has 24 heavy (non-hydrogen) atoms. The zero-order chi connectivity index (χ0) is 16.9. The number of ether oxygens (including phenoxy) is 2. The Kier molecular flexibility index (Phi) is 5.43. The van der Waals surface area contributed by atoms with Crippen molar-refractivity contribution in [2.75, 3.05) is 13.4 Å². The van der Waals surface area contributed by atoms with E-state index in [9.17, 15) is 4.79 Å². The number of allylic oxidation sites excluding steroid dienone is 2. The highest BCUT2D eigenvalue weighted by atomic mass is 32.2. The zero-order valence-corrected chi connectivity index (χ0v) is 14.5. The number of carbonyl (C=O) groups is 1. The van der Waals surface area contributed by atoms with Crippen molar-refractivity contribution in [1.82, 2.24) is 0 Å². The van der Waals surface area contributed by atoms with E-state index in [1.165, 1.54) is 25.4 Å². The molecular formula is C19H20O4S. The summed E-state index contributed by atoms with van der Waals surface area (Å²) < 4.78 is 16.2. The van der Waals surface area contributed by atoms with Crippen LogP contribution in [-0.4, -0.2) is 25.6 Å². The number of hydrogen-bond acceptors (Lipinski definition) is 5. The van der Waals surface area contributed by atoms with Gasteiger partial charge in [-0.15, -0.1) is 0 Å². The van der Waals surface area contributed by atoms with Crippen LogP contribution in [0, 0.1) is 11.8 Å². The maximum absolute atomic E-state index is 12.0. The average molecular weight is 344 g/mol. The predicted octanol–water partition coefficient (Wildman–Crippen LogP) is 3.97. The summed E-state index contributed by atoms with van der Waals surface area (Å²) in [5.74, 6) is -0.329. The van der Waals surface area contributed by atoms with Crippen LogP contribution in [-0.2, 0) is 18.5 Å². The van der Waals surface area contributed by atoms with E-state index in [2.05, 4.69) is 30.4 Å². The largest absolute Gasteiger partial charge is 0.470 e. The first-order valence-corrected chi connectivity index (χ1v) is 8.96. The number of esters is 1. The van der Waals surface area contributed by atoms with Crippen LogP contribution in [0.15, 0.2) is 59.9 Å². The van der Waals surface area contributed by atoms with E-state index in [-0.39, 0.29) is 17.8 Å². The molecule has 1 aromatic rings. The van der Waals surface area contributed by atoms with Crippen molar-refractivity contribution in [3.05, 3.63) is 65.5 Å². The van der Waals surface area contributed by atoms with Gasteiger partial charge >= 0.3 is 5.97 Å². The highest BCUT2D eigenvalue weighted by molar-refractivity contribution is 7.93. The third-order valence-corrected chi connectivity index (χ3v) is 4.71. The first-order chi connectivity index (χ1) is 11.7. The summed E-state index contributed by atoms with van der Waals surface area (Å²) in [6, 6.07) is 10.1. The quantitative estimate of drug-likeness (QED) is 0.597. The molecule has 0 aromatic heterocycles. The lowest BCUT2D eigenvalue weighted by atomic mass is 9.83. The number of benzene rings is 1. The maximum atomic E-state index is 12.0. The first-order valence-electron chi connectivity index (χ1n) is 7.81. The number of rotatable bonds is 5. The van der Waals surface area contributed by atoms with Crippen molar-refractivity contribution >= 4 is 24.1 Å². The van der Waals surface area contributed by atoms with Crippen molar-refractivity contribution in [1.29, 1.82) is 0 Å². The van der Waals surface area contributed by atoms with Gasteiger partial charge in [-0.1, -0.05) is 48.6 Å². The Balaban J connectivity index is 1.84. The molecule has 1 unspecified atom stereocenters. The Morgan fingerprint density at radius 3 is 2.79 bits per heavy atom. The van der Waals surface area contributed by atoms with Crippen molar-refractivity contribution in [2.24, 2.45) is 11.8 Å². The monoisotopic (exact) mass is 344 g/mol. The Bertz CT molecular complexity index is 678. The molecule has 3 rings (SSSR count). The molecule has 0 bridgehead atoms. The molecular weight excluding hydrogens is 324 g/mol. The van der Waals surface area contributed by atoms with E-state index < -0.39 is 6.29 Å². The molecule has 5 heteroatoms. The molecule has 126 valence electrons. The molecule has 3 atom stereocenters. The van der Waals surface area contributed by atoms with Crippen molar-refractivity contribution in [3.63, 3.8) is 0 Å². The van der Waals surface area contributed by atoms with Gasteiger partial charge in [-0.05, 0) is 29.6 Å². The molecule has 0 fully saturated rings. The van der Waals surface area contributed by atoms with Crippen molar-refractivity contribution < 1.29 is 18.5 Å². The second kappa shape index (κ2) is 7.73. The summed E-state index contributed by atoms with van der Waals surface area (Å²) in [6.07, 6.45) is 10.0. The van der Waals surface area contributed by atoms with Crippen LogP contribution in [0.5, 0.6) is 0 Å². The van der Waals surface area contributed by atoms with Gasteiger partial charge < -0.3 is 9.47 Å². The number of carbonyl (C=O) groups excluding carboxylic acids is 1. The van der Waals surface area contributed by atoms with Crippen LogP contribution in [0.25, 0.3) is 6.08 Å². The van der Waals surface area contributed by atoms with E-state index in [1.54, 1.807) is 0 Å². The first kappa shape index (κ1) is 16.9. The van der Waals surface area contributed by atoms with Gasteiger partial charge in [0.05, 0.1) is 24.9 Å². The molecule has 0 radical (unpaired) electrons. The third-order valence-electron chi connectivity index (χ3n) is 4.33. The standard InChI is InChI=1S/C19H20O4S/c1-21-18(20)16-12-22-19(23-24-2)17-14(10-11-15(16)17)9-8-13-6-4-3-5-7-13/h3-10,12,15,17,19H,11H2,1-2H3/b9-8+/t15-,17-,19?/m1/s1. The molecule has 1 aliphatic carbocycles. The third kappa shape index (κ3) is 3.42.